The molecule has 2 amide bonds. The highest BCUT2D eigenvalue weighted by atomic mass is 35.5. The average Bonchev–Trinajstić information content (AvgIpc) is 2.72. The van der Waals surface area contributed by atoms with Crippen molar-refractivity contribution in [3.63, 3.8) is 0 Å². The minimum atomic E-state index is -0.209. The summed E-state index contributed by atoms with van der Waals surface area (Å²) < 4.78 is 11.3. The number of amides is 2. The van der Waals surface area contributed by atoms with Crippen molar-refractivity contribution in [2.24, 2.45) is 5.92 Å². The van der Waals surface area contributed by atoms with E-state index in [9.17, 15) is 9.59 Å². The summed E-state index contributed by atoms with van der Waals surface area (Å²) in [7, 11) is 0. The standard InChI is InChI=1S/C22H23ClN2O4/c1-14-10-17(23)3-5-19(14)28-12-15-6-8-25(9-7-15)22(27)16-2-4-20-18(11-16)24-21(26)13-29-20/h2-5,10-11,15H,6-9,12-13H2,1H3,(H,24,26). The first-order chi connectivity index (χ1) is 14.0. The number of likely N-dealkylation sites (tertiary alicyclic amines) is 1. The molecule has 0 aromatic heterocycles. The lowest BCUT2D eigenvalue weighted by molar-refractivity contribution is -0.118. The number of aryl methyl sites for hydroxylation is 1. The van der Waals surface area contributed by atoms with Crippen molar-refractivity contribution < 1.29 is 19.1 Å². The molecule has 152 valence electrons. The monoisotopic (exact) mass is 414 g/mol. The summed E-state index contributed by atoms with van der Waals surface area (Å²) in [6, 6.07) is 10.8. The van der Waals surface area contributed by atoms with Gasteiger partial charge in [-0.3, -0.25) is 9.59 Å². The van der Waals surface area contributed by atoms with Crippen molar-refractivity contribution >= 4 is 29.1 Å². The Balaban J connectivity index is 1.32. The molecule has 2 heterocycles. The molecule has 2 aliphatic heterocycles. The number of benzene rings is 2. The molecular weight excluding hydrogens is 392 g/mol. The molecule has 2 aliphatic rings. The summed E-state index contributed by atoms with van der Waals surface area (Å²) >= 11 is 5.99. The quantitative estimate of drug-likeness (QED) is 0.823. The van der Waals surface area contributed by atoms with Crippen LogP contribution in [0.2, 0.25) is 5.02 Å². The molecule has 0 saturated carbocycles. The van der Waals surface area contributed by atoms with E-state index >= 15 is 0 Å². The second-order valence-electron chi connectivity index (χ2n) is 7.50. The highest BCUT2D eigenvalue weighted by Gasteiger charge is 2.25. The minimum Gasteiger partial charge on any atom is -0.493 e. The molecule has 0 atom stereocenters. The van der Waals surface area contributed by atoms with Crippen LogP contribution < -0.4 is 14.8 Å². The lowest BCUT2D eigenvalue weighted by Crippen LogP contribution is -2.39. The average molecular weight is 415 g/mol. The maximum absolute atomic E-state index is 12.9. The normalized spacial score (nSPS) is 16.6. The van der Waals surface area contributed by atoms with Crippen LogP contribution in [0, 0.1) is 12.8 Å². The first kappa shape index (κ1) is 19.6. The topological polar surface area (TPSA) is 67.9 Å². The Labute approximate surface area is 174 Å². The largest absolute Gasteiger partial charge is 0.493 e. The lowest BCUT2D eigenvalue weighted by atomic mass is 9.97. The van der Waals surface area contributed by atoms with Crippen LogP contribution in [0.1, 0.15) is 28.8 Å². The van der Waals surface area contributed by atoms with Crippen molar-refractivity contribution in [3.05, 3.63) is 52.5 Å². The molecule has 1 fully saturated rings. The van der Waals surface area contributed by atoms with Gasteiger partial charge in [-0.15, -0.1) is 0 Å². The lowest BCUT2D eigenvalue weighted by Gasteiger charge is -2.32. The minimum absolute atomic E-state index is 0.00538. The number of halogens is 1. The number of hydrogen-bond acceptors (Lipinski definition) is 4. The summed E-state index contributed by atoms with van der Waals surface area (Å²) in [6.07, 6.45) is 1.78. The summed E-state index contributed by atoms with van der Waals surface area (Å²) in [4.78, 5) is 26.2. The molecule has 0 spiro atoms. The van der Waals surface area contributed by atoms with Gasteiger partial charge in [0.2, 0.25) is 0 Å². The Hall–Kier alpha value is -2.73. The van der Waals surface area contributed by atoms with Crippen LogP contribution in [-0.4, -0.2) is 43.0 Å². The zero-order valence-corrected chi connectivity index (χ0v) is 17.0. The Morgan fingerprint density at radius 1 is 1.24 bits per heavy atom. The molecular formula is C22H23ClN2O4. The Kier molecular flexibility index (Phi) is 5.62. The molecule has 4 rings (SSSR count). The maximum Gasteiger partial charge on any atom is 0.262 e. The van der Waals surface area contributed by atoms with Gasteiger partial charge in [0, 0.05) is 23.7 Å². The second-order valence-corrected chi connectivity index (χ2v) is 7.94. The molecule has 0 bridgehead atoms. The summed E-state index contributed by atoms with van der Waals surface area (Å²) in [5, 5.41) is 3.45. The van der Waals surface area contributed by atoms with Crippen LogP contribution in [0.5, 0.6) is 11.5 Å². The third-order valence-electron chi connectivity index (χ3n) is 5.37. The number of hydrogen-bond donors (Lipinski definition) is 1. The molecule has 0 aliphatic carbocycles. The highest BCUT2D eigenvalue weighted by Crippen LogP contribution is 2.30. The zero-order chi connectivity index (χ0) is 20.4. The van der Waals surface area contributed by atoms with Crippen LogP contribution in [0.4, 0.5) is 5.69 Å². The van der Waals surface area contributed by atoms with Gasteiger partial charge < -0.3 is 19.7 Å². The van der Waals surface area contributed by atoms with E-state index in [1.807, 2.05) is 30.0 Å². The van der Waals surface area contributed by atoms with Crippen molar-refractivity contribution in [2.45, 2.75) is 19.8 Å². The smallest absolute Gasteiger partial charge is 0.262 e. The van der Waals surface area contributed by atoms with E-state index in [2.05, 4.69) is 5.32 Å². The Morgan fingerprint density at radius 3 is 2.79 bits per heavy atom. The van der Waals surface area contributed by atoms with E-state index in [-0.39, 0.29) is 18.4 Å². The van der Waals surface area contributed by atoms with Gasteiger partial charge >= 0.3 is 0 Å². The fourth-order valence-corrected chi connectivity index (χ4v) is 3.91. The first-order valence-electron chi connectivity index (χ1n) is 9.74. The summed E-state index contributed by atoms with van der Waals surface area (Å²) in [5.41, 5.74) is 2.13. The molecule has 7 heteroatoms. The van der Waals surface area contributed by atoms with Gasteiger partial charge in [0.05, 0.1) is 12.3 Å². The van der Waals surface area contributed by atoms with Crippen molar-refractivity contribution in [1.82, 2.24) is 4.90 Å². The van der Waals surface area contributed by atoms with Gasteiger partial charge in [-0.1, -0.05) is 11.6 Å². The van der Waals surface area contributed by atoms with Gasteiger partial charge in [0.25, 0.3) is 11.8 Å². The molecule has 29 heavy (non-hydrogen) atoms. The van der Waals surface area contributed by atoms with Crippen LogP contribution in [0.3, 0.4) is 0 Å². The molecule has 1 N–H and O–H groups in total. The number of anilines is 1. The predicted octanol–water partition coefficient (Wildman–Crippen LogP) is 3.91. The fourth-order valence-electron chi connectivity index (χ4n) is 3.68. The maximum atomic E-state index is 12.9. The van der Waals surface area contributed by atoms with Gasteiger partial charge in [-0.25, -0.2) is 0 Å². The third kappa shape index (κ3) is 4.48. The Bertz CT molecular complexity index is 938. The van der Waals surface area contributed by atoms with E-state index in [1.54, 1.807) is 18.2 Å². The summed E-state index contributed by atoms with van der Waals surface area (Å²) in [5.74, 6) is 1.62. The van der Waals surface area contributed by atoms with Gasteiger partial charge in [0.1, 0.15) is 11.5 Å². The molecule has 1 saturated heterocycles. The van der Waals surface area contributed by atoms with Crippen LogP contribution >= 0.6 is 11.6 Å². The number of rotatable bonds is 4. The van der Waals surface area contributed by atoms with E-state index in [4.69, 9.17) is 21.1 Å². The van der Waals surface area contributed by atoms with Gasteiger partial charge in [0.15, 0.2) is 6.61 Å². The third-order valence-corrected chi connectivity index (χ3v) is 5.61. The number of nitrogens with one attached hydrogen (secondary N) is 1. The molecule has 0 unspecified atom stereocenters. The highest BCUT2D eigenvalue weighted by molar-refractivity contribution is 6.30. The number of carbonyl (C=O) groups is 2. The SMILES string of the molecule is Cc1cc(Cl)ccc1OCC1CCN(C(=O)c2ccc3c(c2)NC(=O)CO3)CC1. The molecule has 6 nitrogen and oxygen atoms in total. The van der Waals surface area contributed by atoms with Crippen LogP contribution in [-0.2, 0) is 4.79 Å². The van der Waals surface area contributed by atoms with E-state index < -0.39 is 0 Å². The van der Waals surface area contributed by atoms with Crippen molar-refractivity contribution in [3.8, 4) is 11.5 Å². The summed E-state index contributed by atoms with van der Waals surface area (Å²) in [6.45, 7) is 3.99. The van der Waals surface area contributed by atoms with Gasteiger partial charge in [-0.05, 0) is 67.6 Å². The van der Waals surface area contributed by atoms with Crippen LogP contribution in [0.25, 0.3) is 0 Å². The van der Waals surface area contributed by atoms with Crippen LogP contribution in [0.15, 0.2) is 36.4 Å². The number of nitrogens with zero attached hydrogens (tertiary/aromatic N) is 1. The number of piperidine rings is 1. The van der Waals surface area contributed by atoms with E-state index in [0.717, 1.165) is 24.2 Å². The van der Waals surface area contributed by atoms with Crippen molar-refractivity contribution in [2.75, 3.05) is 31.6 Å². The zero-order valence-electron chi connectivity index (χ0n) is 16.2. The number of fused-ring (bicyclic) bond motifs is 1. The number of ether oxygens (including phenoxy) is 2. The fraction of sp³-hybridized carbons (Fsp3) is 0.364. The van der Waals surface area contributed by atoms with E-state index in [1.165, 1.54) is 0 Å². The second kappa shape index (κ2) is 8.33. The molecule has 2 aromatic carbocycles. The van der Waals surface area contributed by atoms with E-state index in [0.29, 0.717) is 47.6 Å². The Morgan fingerprint density at radius 2 is 2.03 bits per heavy atom. The van der Waals surface area contributed by atoms with Gasteiger partial charge in [-0.2, -0.15) is 0 Å². The number of carbonyl (C=O) groups excluding carboxylic acids is 2. The first-order valence-corrected chi connectivity index (χ1v) is 10.1. The van der Waals surface area contributed by atoms with Crippen molar-refractivity contribution in [1.29, 1.82) is 0 Å². The predicted molar refractivity (Wildman–Crippen MR) is 111 cm³/mol. The molecule has 2 aromatic rings. The molecule has 0 radical (unpaired) electrons.